The molecule has 0 bridgehead atoms. The number of fused-ring (bicyclic) bond motifs is 1. The number of benzene rings is 2. The third kappa shape index (κ3) is 5.10. The maximum Gasteiger partial charge on any atom is 0.224 e. The van der Waals surface area contributed by atoms with Gasteiger partial charge in [0.1, 0.15) is 0 Å². The Morgan fingerprint density at radius 1 is 1.19 bits per heavy atom. The number of carbonyl (C=O) groups excluding carboxylic acids is 1. The van der Waals surface area contributed by atoms with E-state index in [1.807, 2.05) is 18.2 Å². The smallest absolute Gasteiger partial charge is 0.224 e. The molecule has 1 aliphatic heterocycles. The van der Waals surface area contributed by atoms with E-state index in [1.54, 1.807) is 0 Å². The second-order valence-electron chi connectivity index (χ2n) is 8.50. The van der Waals surface area contributed by atoms with Crippen LogP contribution in [-0.2, 0) is 23.1 Å². The Labute approximate surface area is 162 Å². The van der Waals surface area contributed by atoms with E-state index in [0.717, 1.165) is 30.8 Å². The van der Waals surface area contributed by atoms with Crippen LogP contribution in [0.2, 0.25) is 0 Å². The molecule has 1 unspecified atom stereocenters. The molecule has 2 aromatic rings. The first kappa shape index (κ1) is 19.4. The quantitative estimate of drug-likeness (QED) is 0.745. The van der Waals surface area contributed by atoms with Crippen LogP contribution in [0.3, 0.4) is 0 Å². The molecule has 1 amide bonds. The lowest BCUT2D eigenvalue weighted by Crippen LogP contribution is -2.25. The Morgan fingerprint density at radius 3 is 2.59 bits per heavy atom. The van der Waals surface area contributed by atoms with Crippen LogP contribution in [0.5, 0.6) is 0 Å². The Kier molecular flexibility index (Phi) is 5.85. The number of carbonyl (C=O) groups is 1. The van der Waals surface area contributed by atoms with Crippen LogP contribution in [0.4, 0.5) is 11.4 Å². The van der Waals surface area contributed by atoms with Gasteiger partial charge in [0.15, 0.2) is 0 Å². The van der Waals surface area contributed by atoms with Gasteiger partial charge in [-0.1, -0.05) is 51.1 Å². The summed E-state index contributed by atoms with van der Waals surface area (Å²) in [6.45, 7) is 7.57. The Bertz CT molecular complexity index is 791. The molecule has 0 radical (unpaired) electrons. The molecule has 1 aliphatic rings. The van der Waals surface area contributed by atoms with Crippen molar-refractivity contribution in [3.63, 3.8) is 0 Å². The predicted octanol–water partition coefficient (Wildman–Crippen LogP) is 4.13. The number of hydrogen-bond donors (Lipinski definition) is 3. The molecule has 2 aromatic carbocycles. The zero-order valence-electron chi connectivity index (χ0n) is 16.5. The van der Waals surface area contributed by atoms with Crippen LogP contribution < -0.4 is 10.6 Å². The molecule has 0 aromatic heterocycles. The van der Waals surface area contributed by atoms with Crippen molar-refractivity contribution >= 4 is 17.3 Å². The zero-order valence-corrected chi connectivity index (χ0v) is 16.5. The third-order valence-corrected chi connectivity index (χ3v) is 5.20. The topological polar surface area (TPSA) is 61.4 Å². The molecule has 3 N–H and O–H groups in total. The van der Waals surface area contributed by atoms with Crippen LogP contribution >= 0.6 is 0 Å². The fourth-order valence-corrected chi connectivity index (χ4v) is 3.42. The summed E-state index contributed by atoms with van der Waals surface area (Å²) in [6, 6.07) is 14.5. The monoisotopic (exact) mass is 366 g/mol. The number of amides is 1. The highest BCUT2D eigenvalue weighted by Gasteiger charge is 2.18. The van der Waals surface area contributed by atoms with Gasteiger partial charge in [0.2, 0.25) is 5.91 Å². The molecular formula is C23H30N2O2. The predicted molar refractivity (Wildman–Crippen MR) is 111 cm³/mol. The largest absolute Gasteiger partial charge is 0.396 e. The molecule has 0 spiro atoms. The summed E-state index contributed by atoms with van der Waals surface area (Å²) < 4.78 is 0. The summed E-state index contributed by atoms with van der Waals surface area (Å²) in [4.78, 5) is 12.3. The summed E-state index contributed by atoms with van der Waals surface area (Å²) in [5.41, 5.74) is 5.69. The molecule has 27 heavy (non-hydrogen) atoms. The Hall–Kier alpha value is -2.33. The van der Waals surface area contributed by atoms with E-state index in [0.29, 0.717) is 6.42 Å². The number of nitrogens with one attached hydrogen (secondary N) is 2. The molecule has 4 heteroatoms. The summed E-state index contributed by atoms with van der Waals surface area (Å²) in [5.74, 6) is 0.293. The second-order valence-corrected chi connectivity index (χ2v) is 8.50. The average molecular weight is 367 g/mol. The van der Waals surface area contributed by atoms with Gasteiger partial charge < -0.3 is 15.7 Å². The van der Waals surface area contributed by atoms with Gasteiger partial charge in [-0.15, -0.1) is 0 Å². The first-order valence-electron chi connectivity index (χ1n) is 9.72. The fraction of sp³-hybridized carbons (Fsp3) is 0.435. The first-order chi connectivity index (χ1) is 12.8. The normalized spacial score (nSPS) is 16.4. The van der Waals surface area contributed by atoms with Crippen molar-refractivity contribution in [3.8, 4) is 0 Å². The van der Waals surface area contributed by atoms with Crippen molar-refractivity contribution in [2.45, 2.75) is 45.4 Å². The van der Waals surface area contributed by atoms with Gasteiger partial charge in [-0.3, -0.25) is 4.79 Å². The SMILES string of the molecule is CC(C)(C)c1ccc(CCC(=O)Nc2ccc3c(c2)NCC(CO)C3)cc1. The van der Waals surface area contributed by atoms with E-state index >= 15 is 0 Å². The lowest BCUT2D eigenvalue weighted by atomic mass is 9.86. The van der Waals surface area contributed by atoms with Crippen LogP contribution in [-0.4, -0.2) is 24.2 Å². The summed E-state index contributed by atoms with van der Waals surface area (Å²) in [6.07, 6.45) is 2.07. The third-order valence-electron chi connectivity index (χ3n) is 5.20. The molecule has 1 atom stereocenters. The highest BCUT2D eigenvalue weighted by molar-refractivity contribution is 5.91. The summed E-state index contributed by atoms with van der Waals surface area (Å²) >= 11 is 0. The van der Waals surface area contributed by atoms with Crippen LogP contribution in [0.15, 0.2) is 42.5 Å². The molecule has 0 saturated heterocycles. The summed E-state index contributed by atoms with van der Waals surface area (Å²) in [5, 5.41) is 15.6. The highest BCUT2D eigenvalue weighted by Crippen LogP contribution is 2.28. The van der Waals surface area contributed by atoms with Crippen LogP contribution in [0.1, 0.15) is 43.9 Å². The van der Waals surface area contributed by atoms with Crippen molar-refractivity contribution in [1.29, 1.82) is 0 Å². The minimum absolute atomic E-state index is 0.0268. The average Bonchev–Trinajstić information content (AvgIpc) is 2.65. The van der Waals surface area contributed by atoms with Gasteiger partial charge in [0, 0.05) is 36.9 Å². The maximum atomic E-state index is 12.3. The molecule has 3 rings (SSSR count). The Balaban J connectivity index is 1.54. The number of hydrogen-bond acceptors (Lipinski definition) is 3. The molecule has 0 aliphatic carbocycles. The van der Waals surface area contributed by atoms with Crippen LogP contribution in [0.25, 0.3) is 0 Å². The lowest BCUT2D eigenvalue weighted by Gasteiger charge is -2.25. The molecule has 0 fully saturated rings. The second kappa shape index (κ2) is 8.13. The van der Waals surface area contributed by atoms with E-state index in [1.165, 1.54) is 16.7 Å². The number of rotatable bonds is 5. The van der Waals surface area contributed by atoms with Crippen molar-refractivity contribution in [2.75, 3.05) is 23.8 Å². The standard InChI is InChI=1S/C23H30N2O2/c1-23(2,3)19-8-4-16(5-9-19)6-11-22(27)25-20-10-7-18-12-17(15-26)14-24-21(18)13-20/h4-5,7-10,13,17,24,26H,6,11-12,14-15H2,1-3H3,(H,25,27). The van der Waals surface area contributed by atoms with Gasteiger partial charge in [-0.05, 0) is 47.1 Å². The molecule has 1 heterocycles. The lowest BCUT2D eigenvalue weighted by molar-refractivity contribution is -0.116. The number of aryl methyl sites for hydroxylation is 1. The highest BCUT2D eigenvalue weighted by atomic mass is 16.3. The van der Waals surface area contributed by atoms with E-state index in [9.17, 15) is 9.90 Å². The van der Waals surface area contributed by atoms with Gasteiger partial charge in [0.25, 0.3) is 0 Å². The van der Waals surface area contributed by atoms with Crippen molar-refractivity contribution in [2.24, 2.45) is 5.92 Å². The van der Waals surface area contributed by atoms with E-state index in [4.69, 9.17) is 0 Å². The van der Waals surface area contributed by atoms with E-state index in [2.05, 4.69) is 55.7 Å². The van der Waals surface area contributed by atoms with E-state index < -0.39 is 0 Å². The number of aliphatic hydroxyl groups is 1. The van der Waals surface area contributed by atoms with Gasteiger partial charge in [-0.25, -0.2) is 0 Å². The maximum absolute atomic E-state index is 12.3. The molecule has 144 valence electrons. The van der Waals surface area contributed by atoms with Crippen LogP contribution in [0, 0.1) is 5.92 Å². The van der Waals surface area contributed by atoms with Gasteiger partial charge in [-0.2, -0.15) is 0 Å². The molecule has 0 saturated carbocycles. The molecule has 4 nitrogen and oxygen atoms in total. The van der Waals surface area contributed by atoms with Gasteiger partial charge >= 0.3 is 0 Å². The minimum Gasteiger partial charge on any atom is -0.396 e. The zero-order chi connectivity index (χ0) is 19.4. The molecular weight excluding hydrogens is 336 g/mol. The van der Waals surface area contributed by atoms with E-state index in [-0.39, 0.29) is 23.8 Å². The summed E-state index contributed by atoms with van der Waals surface area (Å²) in [7, 11) is 0. The first-order valence-corrected chi connectivity index (χ1v) is 9.72. The fourth-order valence-electron chi connectivity index (χ4n) is 3.42. The van der Waals surface area contributed by atoms with Gasteiger partial charge in [0.05, 0.1) is 0 Å². The van der Waals surface area contributed by atoms with Crippen molar-refractivity contribution in [3.05, 3.63) is 59.2 Å². The minimum atomic E-state index is 0.0268. The van der Waals surface area contributed by atoms with Crippen molar-refractivity contribution < 1.29 is 9.90 Å². The van der Waals surface area contributed by atoms with Crippen molar-refractivity contribution in [1.82, 2.24) is 0 Å². The number of anilines is 2. The number of aliphatic hydroxyl groups excluding tert-OH is 1. The Morgan fingerprint density at radius 2 is 1.93 bits per heavy atom.